The fourth-order valence-corrected chi connectivity index (χ4v) is 4.74. The second kappa shape index (κ2) is 10.1. The molecule has 0 aliphatic carbocycles. The Hall–Kier alpha value is -3.43. The molecule has 5 rings (SSSR count). The number of nitrogens with zero attached hydrogens (tertiary/aromatic N) is 2. The molecule has 0 saturated carbocycles. The van der Waals surface area contributed by atoms with E-state index in [9.17, 15) is 19.1 Å². The predicted molar refractivity (Wildman–Crippen MR) is 125 cm³/mol. The normalized spacial score (nSPS) is 22.0. The van der Waals surface area contributed by atoms with Gasteiger partial charge in [-0.1, -0.05) is 12.1 Å². The Kier molecular flexibility index (Phi) is 6.70. The summed E-state index contributed by atoms with van der Waals surface area (Å²) in [7, 11) is 0. The van der Waals surface area contributed by atoms with Gasteiger partial charge in [-0.15, -0.1) is 0 Å². The minimum absolute atomic E-state index is 0.0235. The van der Waals surface area contributed by atoms with E-state index in [-0.39, 0.29) is 11.3 Å². The van der Waals surface area contributed by atoms with Gasteiger partial charge in [-0.2, -0.15) is 0 Å². The molecule has 3 heterocycles. The zero-order valence-corrected chi connectivity index (χ0v) is 19.2. The molecule has 0 bridgehead atoms. The highest BCUT2D eigenvalue weighted by Crippen LogP contribution is 2.41. The van der Waals surface area contributed by atoms with Crippen LogP contribution in [0.15, 0.2) is 48.0 Å². The van der Waals surface area contributed by atoms with E-state index in [0.29, 0.717) is 62.0 Å². The van der Waals surface area contributed by atoms with E-state index < -0.39 is 23.5 Å². The van der Waals surface area contributed by atoms with Gasteiger partial charge >= 0.3 is 0 Å². The van der Waals surface area contributed by atoms with Crippen molar-refractivity contribution in [3.63, 3.8) is 0 Å². The molecule has 0 aromatic heterocycles. The smallest absolute Gasteiger partial charge is 0.295 e. The average Bonchev–Trinajstić information content (AvgIpc) is 3.14. The van der Waals surface area contributed by atoms with Crippen molar-refractivity contribution in [3.8, 4) is 11.5 Å². The molecule has 35 heavy (non-hydrogen) atoms. The largest absolute Gasteiger partial charge is 0.507 e. The minimum atomic E-state index is -0.825. The summed E-state index contributed by atoms with van der Waals surface area (Å²) in [6.07, 6.45) is 0.648. The summed E-state index contributed by atoms with van der Waals surface area (Å²) in [5, 5.41) is 11.2. The van der Waals surface area contributed by atoms with Crippen LogP contribution in [0.1, 0.15) is 23.6 Å². The lowest BCUT2D eigenvalue weighted by molar-refractivity contribution is -0.140. The van der Waals surface area contributed by atoms with Gasteiger partial charge in [0.05, 0.1) is 24.8 Å². The summed E-state index contributed by atoms with van der Waals surface area (Å²) in [6.45, 7) is 4.88. The number of carbonyl (C=O) groups is 2. The van der Waals surface area contributed by atoms with Crippen molar-refractivity contribution < 1.29 is 33.3 Å². The molecule has 1 N–H and O–H groups in total. The number of aliphatic hydroxyl groups excluding tert-OH is 1. The maximum absolute atomic E-state index is 13.7. The Morgan fingerprint density at radius 3 is 2.40 bits per heavy atom. The lowest BCUT2D eigenvalue weighted by atomic mass is 9.95. The van der Waals surface area contributed by atoms with Gasteiger partial charge in [0.1, 0.15) is 24.8 Å². The molecule has 2 saturated heterocycles. The molecule has 0 radical (unpaired) electrons. The van der Waals surface area contributed by atoms with Crippen molar-refractivity contribution >= 4 is 17.4 Å². The third-order valence-corrected chi connectivity index (χ3v) is 6.52. The van der Waals surface area contributed by atoms with Crippen LogP contribution in [-0.4, -0.2) is 79.2 Å². The number of carbonyl (C=O) groups excluding carboxylic acids is 2. The van der Waals surface area contributed by atoms with Crippen LogP contribution >= 0.6 is 0 Å². The van der Waals surface area contributed by atoms with Gasteiger partial charge in [0.2, 0.25) is 0 Å². The molecular formula is C26H27FN2O6. The van der Waals surface area contributed by atoms with Crippen molar-refractivity contribution in [2.45, 2.75) is 12.5 Å². The van der Waals surface area contributed by atoms with Crippen LogP contribution in [0.2, 0.25) is 0 Å². The number of hydrogen-bond acceptors (Lipinski definition) is 7. The number of likely N-dealkylation sites (tertiary alicyclic amines) is 1. The number of amides is 1. The van der Waals surface area contributed by atoms with Crippen molar-refractivity contribution in [2.75, 3.05) is 52.6 Å². The number of ether oxygens (including phenoxy) is 3. The Balaban J connectivity index is 1.48. The van der Waals surface area contributed by atoms with Gasteiger partial charge in [0.15, 0.2) is 11.5 Å². The van der Waals surface area contributed by atoms with Gasteiger partial charge in [-0.05, 0) is 42.3 Å². The summed E-state index contributed by atoms with van der Waals surface area (Å²) in [5.74, 6) is -1.17. The van der Waals surface area contributed by atoms with E-state index >= 15 is 0 Å². The fourth-order valence-electron chi connectivity index (χ4n) is 4.74. The molecule has 1 amide bonds. The fraction of sp³-hybridized carbons (Fsp3) is 0.385. The van der Waals surface area contributed by atoms with E-state index in [4.69, 9.17) is 14.2 Å². The van der Waals surface area contributed by atoms with E-state index in [0.717, 1.165) is 19.6 Å². The van der Waals surface area contributed by atoms with E-state index in [1.807, 2.05) is 0 Å². The Morgan fingerprint density at radius 2 is 1.66 bits per heavy atom. The van der Waals surface area contributed by atoms with E-state index in [1.165, 1.54) is 29.2 Å². The molecule has 2 fully saturated rings. The third kappa shape index (κ3) is 4.74. The first-order chi connectivity index (χ1) is 17.0. The molecule has 1 atom stereocenters. The SMILES string of the molecule is O=C1C(=O)N(CCCN2CCOCC2)C(c2ccc(F)cc2)C1=C(O)c1ccc2c(c1)OCCO2. The Bertz CT molecular complexity index is 1140. The quantitative estimate of drug-likeness (QED) is 0.385. The number of fused-ring (bicyclic) bond motifs is 1. The molecule has 8 nitrogen and oxygen atoms in total. The standard InChI is InChI=1S/C26H27FN2O6/c27-19-5-2-17(3-6-19)23-22(24(30)18-4-7-20-21(16-18)35-15-14-34-20)25(31)26(32)29(23)9-1-8-28-10-12-33-13-11-28/h2-7,16,23,30H,1,8-15H2. The first-order valence-electron chi connectivity index (χ1n) is 11.8. The van der Waals surface area contributed by atoms with Crippen LogP contribution in [0.5, 0.6) is 11.5 Å². The predicted octanol–water partition coefficient (Wildman–Crippen LogP) is 2.74. The Labute approximate surface area is 202 Å². The maximum Gasteiger partial charge on any atom is 0.295 e. The van der Waals surface area contributed by atoms with Gasteiger partial charge in [-0.25, -0.2) is 4.39 Å². The summed E-state index contributed by atoms with van der Waals surface area (Å²) >= 11 is 0. The number of halogens is 1. The zero-order valence-electron chi connectivity index (χ0n) is 19.2. The highest BCUT2D eigenvalue weighted by Gasteiger charge is 2.46. The number of hydrogen-bond donors (Lipinski definition) is 1. The molecule has 184 valence electrons. The van der Waals surface area contributed by atoms with Gasteiger partial charge in [-0.3, -0.25) is 14.5 Å². The number of aliphatic hydroxyl groups is 1. The second-order valence-corrected chi connectivity index (χ2v) is 8.71. The number of morpholine rings is 1. The first-order valence-corrected chi connectivity index (χ1v) is 11.8. The molecule has 9 heteroatoms. The van der Waals surface area contributed by atoms with Crippen molar-refractivity contribution in [1.82, 2.24) is 9.80 Å². The van der Waals surface area contributed by atoms with Crippen molar-refractivity contribution in [1.29, 1.82) is 0 Å². The molecular weight excluding hydrogens is 455 g/mol. The van der Waals surface area contributed by atoms with Crippen LogP contribution < -0.4 is 9.47 Å². The van der Waals surface area contributed by atoms with Crippen molar-refractivity contribution in [2.24, 2.45) is 0 Å². The summed E-state index contributed by atoms with van der Waals surface area (Å²) in [5.41, 5.74) is 0.869. The topological polar surface area (TPSA) is 88.5 Å². The third-order valence-electron chi connectivity index (χ3n) is 6.52. The molecule has 1 unspecified atom stereocenters. The summed E-state index contributed by atoms with van der Waals surface area (Å²) < 4.78 is 30.2. The molecule has 2 aromatic carbocycles. The van der Waals surface area contributed by atoms with Crippen LogP contribution in [0.25, 0.3) is 5.76 Å². The molecule has 3 aliphatic heterocycles. The van der Waals surface area contributed by atoms with E-state index in [2.05, 4.69) is 4.90 Å². The highest BCUT2D eigenvalue weighted by molar-refractivity contribution is 6.46. The monoisotopic (exact) mass is 482 g/mol. The Morgan fingerprint density at radius 1 is 0.943 bits per heavy atom. The first kappa shape index (κ1) is 23.3. The summed E-state index contributed by atoms with van der Waals surface area (Å²) in [6, 6.07) is 9.70. The van der Waals surface area contributed by atoms with Crippen LogP contribution in [0, 0.1) is 5.82 Å². The number of Topliss-reactive ketones (excluding diaryl/α,β-unsaturated/α-hetero) is 1. The van der Waals surface area contributed by atoms with Crippen LogP contribution in [-0.2, 0) is 14.3 Å². The van der Waals surface area contributed by atoms with Crippen LogP contribution in [0.3, 0.4) is 0 Å². The van der Waals surface area contributed by atoms with Gasteiger partial charge in [0, 0.05) is 31.7 Å². The van der Waals surface area contributed by atoms with Crippen LogP contribution in [0.4, 0.5) is 4.39 Å². The molecule has 0 spiro atoms. The highest BCUT2D eigenvalue weighted by atomic mass is 19.1. The summed E-state index contributed by atoms with van der Waals surface area (Å²) in [4.78, 5) is 30.0. The van der Waals surface area contributed by atoms with Crippen molar-refractivity contribution in [3.05, 3.63) is 65.0 Å². The number of ketones is 1. The number of benzene rings is 2. The molecule has 2 aromatic rings. The molecule has 3 aliphatic rings. The van der Waals surface area contributed by atoms with E-state index in [1.54, 1.807) is 18.2 Å². The van der Waals surface area contributed by atoms with Gasteiger partial charge in [0.25, 0.3) is 11.7 Å². The lowest BCUT2D eigenvalue weighted by Gasteiger charge is -2.29. The average molecular weight is 483 g/mol. The lowest BCUT2D eigenvalue weighted by Crippen LogP contribution is -2.38. The maximum atomic E-state index is 13.7. The second-order valence-electron chi connectivity index (χ2n) is 8.71. The zero-order chi connectivity index (χ0) is 24.4. The van der Waals surface area contributed by atoms with Gasteiger partial charge < -0.3 is 24.2 Å². The number of rotatable bonds is 6. The minimum Gasteiger partial charge on any atom is -0.507 e.